The monoisotopic (exact) mass is 395 g/mol. The van der Waals surface area contributed by atoms with Crippen molar-refractivity contribution in [2.75, 3.05) is 17.7 Å². The number of thiophene rings is 1. The van der Waals surface area contributed by atoms with E-state index in [2.05, 4.69) is 10.6 Å². The number of ether oxygens (including phenoxy) is 1. The first-order valence-electron chi connectivity index (χ1n) is 8.05. The lowest BCUT2D eigenvalue weighted by molar-refractivity contribution is 0.101. The van der Waals surface area contributed by atoms with E-state index in [0.717, 1.165) is 6.07 Å². The average molecular weight is 395 g/mol. The molecule has 0 spiro atoms. The van der Waals surface area contributed by atoms with E-state index in [0.29, 0.717) is 22.0 Å². The van der Waals surface area contributed by atoms with Crippen molar-refractivity contribution in [2.45, 2.75) is 0 Å². The van der Waals surface area contributed by atoms with Crippen LogP contribution in [-0.2, 0) is 0 Å². The zero-order valence-corrected chi connectivity index (χ0v) is 15.5. The third kappa shape index (κ3) is 4.16. The van der Waals surface area contributed by atoms with Gasteiger partial charge in [0.1, 0.15) is 11.6 Å². The molecule has 6 nitrogen and oxygen atoms in total. The summed E-state index contributed by atoms with van der Waals surface area (Å²) in [6.07, 6.45) is 0. The van der Waals surface area contributed by atoms with Crippen molar-refractivity contribution in [3.63, 3.8) is 0 Å². The molecule has 0 atom stereocenters. The number of rotatable bonds is 5. The van der Waals surface area contributed by atoms with Crippen LogP contribution in [-0.4, -0.2) is 18.9 Å². The molecule has 0 unspecified atom stereocenters. The Morgan fingerprint density at radius 3 is 2.57 bits per heavy atom. The van der Waals surface area contributed by atoms with Crippen LogP contribution in [0.5, 0.6) is 5.75 Å². The van der Waals surface area contributed by atoms with E-state index in [1.54, 1.807) is 29.6 Å². The van der Waals surface area contributed by atoms with Crippen LogP contribution in [0.4, 0.5) is 15.8 Å². The van der Waals surface area contributed by atoms with Crippen molar-refractivity contribution in [1.29, 1.82) is 5.26 Å². The zero-order chi connectivity index (χ0) is 20.1. The summed E-state index contributed by atoms with van der Waals surface area (Å²) >= 11 is 1.31. The lowest BCUT2D eigenvalue weighted by Gasteiger charge is -2.12. The third-order valence-corrected chi connectivity index (χ3v) is 4.66. The van der Waals surface area contributed by atoms with Crippen molar-refractivity contribution in [3.05, 3.63) is 75.7 Å². The van der Waals surface area contributed by atoms with Crippen LogP contribution in [0.25, 0.3) is 0 Å². The van der Waals surface area contributed by atoms with E-state index in [4.69, 9.17) is 10.00 Å². The van der Waals surface area contributed by atoms with Crippen LogP contribution in [0.15, 0.2) is 53.9 Å². The molecule has 140 valence electrons. The van der Waals surface area contributed by atoms with Gasteiger partial charge in [-0.1, -0.05) is 6.07 Å². The largest absolute Gasteiger partial charge is 0.494 e. The van der Waals surface area contributed by atoms with Gasteiger partial charge in [0.15, 0.2) is 0 Å². The highest BCUT2D eigenvalue weighted by Gasteiger charge is 2.15. The van der Waals surface area contributed by atoms with Crippen molar-refractivity contribution in [3.8, 4) is 11.8 Å². The number of halogens is 1. The van der Waals surface area contributed by atoms with E-state index in [1.807, 2.05) is 6.07 Å². The molecule has 0 aliphatic carbocycles. The van der Waals surface area contributed by atoms with Crippen LogP contribution in [0.3, 0.4) is 0 Å². The van der Waals surface area contributed by atoms with E-state index < -0.39 is 11.7 Å². The molecular weight excluding hydrogens is 381 g/mol. The number of benzene rings is 2. The molecule has 1 heterocycles. The van der Waals surface area contributed by atoms with E-state index in [9.17, 15) is 14.0 Å². The predicted molar refractivity (Wildman–Crippen MR) is 104 cm³/mol. The van der Waals surface area contributed by atoms with Gasteiger partial charge >= 0.3 is 0 Å². The van der Waals surface area contributed by atoms with E-state index in [1.165, 1.54) is 36.6 Å². The molecule has 0 saturated heterocycles. The molecule has 2 aromatic carbocycles. The summed E-state index contributed by atoms with van der Waals surface area (Å²) in [5.74, 6) is -1.39. The summed E-state index contributed by atoms with van der Waals surface area (Å²) in [6.45, 7) is 0. The van der Waals surface area contributed by atoms with Crippen molar-refractivity contribution >= 4 is 34.5 Å². The Kier molecular flexibility index (Phi) is 5.67. The summed E-state index contributed by atoms with van der Waals surface area (Å²) in [6, 6.07) is 13.6. The van der Waals surface area contributed by atoms with Crippen LogP contribution in [0.2, 0.25) is 0 Å². The molecule has 0 bridgehead atoms. The van der Waals surface area contributed by atoms with Crippen LogP contribution in [0.1, 0.15) is 25.6 Å². The number of hydrogen-bond acceptors (Lipinski definition) is 5. The van der Waals surface area contributed by atoms with Gasteiger partial charge in [0.25, 0.3) is 11.8 Å². The molecule has 3 rings (SSSR count). The normalized spacial score (nSPS) is 10.0. The number of amides is 2. The fraction of sp³-hybridized carbons (Fsp3) is 0.0500. The highest BCUT2D eigenvalue weighted by Crippen LogP contribution is 2.29. The highest BCUT2D eigenvalue weighted by atomic mass is 32.1. The number of carbonyl (C=O) groups excluding carboxylic acids is 2. The minimum Gasteiger partial charge on any atom is -0.494 e. The number of nitrogens with one attached hydrogen (secondary N) is 2. The van der Waals surface area contributed by atoms with Crippen molar-refractivity contribution in [1.82, 2.24) is 0 Å². The number of carbonyl (C=O) groups is 2. The first-order valence-corrected chi connectivity index (χ1v) is 8.93. The van der Waals surface area contributed by atoms with Crippen molar-refractivity contribution in [2.24, 2.45) is 0 Å². The first-order chi connectivity index (χ1) is 13.5. The predicted octanol–water partition coefficient (Wildman–Crippen LogP) is 4.27. The minimum atomic E-state index is -0.789. The second-order valence-corrected chi connectivity index (χ2v) is 6.55. The number of hydrogen-bond donors (Lipinski definition) is 2. The summed E-state index contributed by atoms with van der Waals surface area (Å²) in [5.41, 5.74) is 0.734. The molecular formula is C20H14FN3O3S. The molecule has 3 aromatic rings. The van der Waals surface area contributed by atoms with E-state index in [-0.39, 0.29) is 17.0 Å². The Labute approximate surface area is 164 Å². The standard InChI is InChI=1S/C20H14FN3O3S/c1-27-17-10-13(5-7-16(17)24-20(26)18-3-2-8-28-18)23-19(25)14-6-4-12(11-22)9-15(14)21/h2-10H,1H3,(H,23,25)(H,24,26). The number of nitrogens with zero attached hydrogens (tertiary/aromatic N) is 1. The van der Waals surface area contributed by atoms with Crippen LogP contribution in [0, 0.1) is 17.1 Å². The van der Waals surface area contributed by atoms with Crippen LogP contribution < -0.4 is 15.4 Å². The lowest BCUT2D eigenvalue weighted by Crippen LogP contribution is -2.15. The minimum absolute atomic E-state index is 0.126. The molecule has 0 aliphatic rings. The summed E-state index contributed by atoms with van der Waals surface area (Å²) < 4.78 is 19.3. The van der Waals surface area contributed by atoms with Gasteiger partial charge in [0.05, 0.1) is 34.9 Å². The van der Waals surface area contributed by atoms with Gasteiger partial charge in [-0.2, -0.15) is 5.26 Å². The third-order valence-electron chi connectivity index (χ3n) is 3.80. The topological polar surface area (TPSA) is 91.2 Å². The Bertz CT molecular complexity index is 1070. The van der Waals surface area contributed by atoms with Crippen LogP contribution >= 0.6 is 11.3 Å². The highest BCUT2D eigenvalue weighted by molar-refractivity contribution is 7.12. The van der Waals surface area contributed by atoms with Gasteiger partial charge < -0.3 is 15.4 Å². The molecule has 2 N–H and O–H groups in total. The van der Waals surface area contributed by atoms with Gasteiger partial charge in [-0.3, -0.25) is 9.59 Å². The molecule has 0 aliphatic heterocycles. The quantitative estimate of drug-likeness (QED) is 0.675. The molecule has 0 saturated carbocycles. The summed E-state index contributed by atoms with van der Waals surface area (Å²) in [7, 11) is 1.43. The molecule has 28 heavy (non-hydrogen) atoms. The Balaban J connectivity index is 1.77. The second-order valence-electron chi connectivity index (χ2n) is 5.61. The molecule has 8 heteroatoms. The smallest absolute Gasteiger partial charge is 0.265 e. The summed E-state index contributed by atoms with van der Waals surface area (Å²) in [4.78, 5) is 25.1. The molecule has 1 aromatic heterocycles. The Morgan fingerprint density at radius 2 is 1.93 bits per heavy atom. The van der Waals surface area contributed by atoms with E-state index >= 15 is 0 Å². The Hall–Kier alpha value is -3.70. The zero-order valence-electron chi connectivity index (χ0n) is 14.7. The maximum Gasteiger partial charge on any atom is 0.265 e. The Morgan fingerprint density at radius 1 is 1.11 bits per heavy atom. The number of anilines is 2. The first kappa shape index (κ1) is 19.1. The van der Waals surface area contributed by atoms with Gasteiger partial charge in [0.2, 0.25) is 0 Å². The molecule has 0 fully saturated rings. The number of methoxy groups -OCH3 is 1. The SMILES string of the molecule is COc1cc(NC(=O)c2ccc(C#N)cc2F)ccc1NC(=O)c1cccs1. The molecule has 0 radical (unpaired) electrons. The fourth-order valence-electron chi connectivity index (χ4n) is 2.43. The second kappa shape index (κ2) is 8.33. The van der Waals surface area contributed by atoms with Gasteiger partial charge in [-0.05, 0) is 41.8 Å². The van der Waals surface area contributed by atoms with Gasteiger partial charge in [0, 0.05) is 11.8 Å². The lowest BCUT2D eigenvalue weighted by atomic mass is 10.1. The summed E-state index contributed by atoms with van der Waals surface area (Å²) in [5, 5.41) is 15.9. The van der Waals surface area contributed by atoms with Gasteiger partial charge in [-0.25, -0.2) is 4.39 Å². The van der Waals surface area contributed by atoms with Crippen molar-refractivity contribution < 1.29 is 18.7 Å². The maximum atomic E-state index is 14.0. The maximum absolute atomic E-state index is 14.0. The fourth-order valence-corrected chi connectivity index (χ4v) is 3.05. The number of nitriles is 1. The average Bonchev–Trinajstić information content (AvgIpc) is 3.23. The van der Waals surface area contributed by atoms with Gasteiger partial charge in [-0.15, -0.1) is 11.3 Å². The molecule has 2 amide bonds.